The van der Waals surface area contributed by atoms with Crippen LogP contribution in [0.2, 0.25) is 0 Å². The van der Waals surface area contributed by atoms with E-state index in [9.17, 15) is 24.2 Å². The van der Waals surface area contributed by atoms with Gasteiger partial charge in [-0.25, -0.2) is 4.39 Å². The average Bonchev–Trinajstić information content (AvgIpc) is 3.04. The Bertz CT molecular complexity index is 1270. The second kappa shape index (κ2) is 8.78. The van der Waals surface area contributed by atoms with Gasteiger partial charge in [0.1, 0.15) is 23.1 Å². The molecule has 3 aromatic carbocycles. The summed E-state index contributed by atoms with van der Waals surface area (Å²) >= 11 is 0. The Kier molecular flexibility index (Phi) is 5.87. The average molecular weight is 447 g/mol. The molecule has 6 nitrogen and oxygen atoms in total. The van der Waals surface area contributed by atoms with Gasteiger partial charge in [-0.2, -0.15) is 0 Å². The summed E-state index contributed by atoms with van der Waals surface area (Å²) in [5, 5.41) is 21.2. The van der Waals surface area contributed by atoms with Crippen LogP contribution in [0.25, 0.3) is 5.76 Å². The number of Topliss-reactive ketones (excluding diaryl/α,β-unsaturated/α-hetero) is 1. The van der Waals surface area contributed by atoms with Gasteiger partial charge in [0.15, 0.2) is 0 Å². The van der Waals surface area contributed by atoms with E-state index in [-0.39, 0.29) is 28.7 Å². The van der Waals surface area contributed by atoms with Crippen molar-refractivity contribution in [1.82, 2.24) is 0 Å². The highest BCUT2D eigenvalue weighted by atomic mass is 19.1. The minimum absolute atomic E-state index is 0.0790. The number of aromatic hydroxyl groups is 1. The molecule has 3 aromatic rings. The van der Waals surface area contributed by atoms with Crippen LogP contribution in [0.1, 0.15) is 31.0 Å². The number of halogens is 1. The van der Waals surface area contributed by atoms with E-state index in [2.05, 4.69) is 0 Å². The summed E-state index contributed by atoms with van der Waals surface area (Å²) in [6.07, 6.45) is -0.103. The molecule has 0 radical (unpaired) electrons. The Balaban J connectivity index is 1.92. The number of ether oxygens (including phenoxy) is 1. The van der Waals surface area contributed by atoms with Crippen molar-refractivity contribution in [2.24, 2.45) is 0 Å². The molecule has 1 atom stereocenters. The van der Waals surface area contributed by atoms with Crippen LogP contribution in [-0.4, -0.2) is 28.0 Å². The molecule has 168 valence electrons. The van der Waals surface area contributed by atoms with E-state index in [1.165, 1.54) is 30.3 Å². The summed E-state index contributed by atoms with van der Waals surface area (Å²) in [5.74, 6) is -2.39. The van der Waals surface area contributed by atoms with E-state index in [0.717, 1.165) is 11.0 Å². The molecular formula is C26H22FNO5. The van der Waals surface area contributed by atoms with Gasteiger partial charge >= 0.3 is 0 Å². The molecule has 7 heteroatoms. The fraction of sp³-hybridized carbons (Fsp3) is 0.154. The molecule has 33 heavy (non-hydrogen) atoms. The number of amides is 1. The molecule has 0 aromatic heterocycles. The molecule has 1 fully saturated rings. The van der Waals surface area contributed by atoms with E-state index in [1.807, 2.05) is 13.8 Å². The van der Waals surface area contributed by atoms with Crippen LogP contribution in [0.5, 0.6) is 11.5 Å². The molecule has 0 spiro atoms. The van der Waals surface area contributed by atoms with Crippen molar-refractivity contribution in [2.45, 2.75) is 26.0 Å². The van der Waals surface area contributed by atoms with Crippen molar-refractivity contribution in [3.63, 3.8) is 0 Å². The van der Waals surface area contributed by atoms with E-state index < -0.39 is 29.3 Å². The number of anilines is 1. The van der Waals surface area contributed by atoms with Crippen LogP contribution in [0.3, 0.4) is 0 Å². The second-order valence-corrected chi connectivity index (χ2v) is 7.94. The minimum atomic E-state index is -1.08. The van der Waals surface area contributed by atoms with Crippen molar-refractivity contribution < 1.29 is 28.9 Å². The van der Waals surface area contributed by atoms with Gasteiger partial charge in [-0.3, -0.25) is 14.5 Å². The Morgan fingerprint density at radius 3 is 2.42 bits per heavy atom. The monoisotopic (exact) mass is 447 g/mol. The number of phenolic OH excluding ortho intramolecular Hbond substituents is 1. The zero-order valence-corrected chi connectivity index (χ0v) is 18.0. The topological polar surface area (TPSA) is 87.1 Å². The molecule has 1 amide bonds. The highest BCUT2D eigenvalue weighted by Gasteiger charge is 2.47. The Morgan fingerprint density at radius 1 is 1.00 bits per heavy atom. The highest BCUT2D eigenvalue weighted by Crippen LogP contribution is 2.43. The highest BCUT2D eigenvalue weighted by molar-refractivity contribution is 6.51. The summed E-state index contributed by atoms with van der Waals surface area (Å²) in [6.45, 7) is 3.72. The standard InChI is InChI=1S/C26H22FNO5/c1-15(2)33-21-11-4-7-17(13-21)24(30)22-23(16-6-3-10-20(29)12-16)28(26(32)25(22)31)19-9-5-8-18(27)14-19/h3-15,23,29-30H,1-2H3/b24-22+. The predicted molar refractivity (Wildman–Crippen MR) is 121 cm³/mol. The molecule has 4 rings (SSSR count). The van der Waals surface area contributed by atoms with Crippen molar-refractivity contribution in [3.05, 3.63) is 95.3 Å². The number of carbonyl (C=O) groups is 2. The zero-order valence-electron chi connectivity index (χ0n) is 18.0. The Hall–Kier alpha value is -4.13. The number of hydrogen-bond donors (Lipinski definition) is 2. The molecule has 1 aliphatic heterocycles. The zero-order chi connectivity index (χ0) is 23.7. The third kappa shape index (κ3) is 4.30. The molecule has 2 N–H and O–H groups in total. The maximum Gasteiger partial charge on any atom is 0.300 e. The quantitative estimate of drug-likeness (QED) is 0.329. The number of phenols is 1. The third-order valence-electron chi connectivity index (χ3n) is 5.20. The second-order valence-electron chi connectivity index (χ2n) is 7.94. The van der Waals surface area contributed by atoms with E-state index >= 15 is 0 Å². The molecule has 1 aliphatic rings. The van der Waals surface area contributed by atoms with Crippen LogP contribution in [-0.2, 0) is 9.59 Å². The fourth-order valence-electron chi connectivity index (χ4n) is 3.88. The number of ketones is 1. The fourth-order valence-corrected chi connectivity index (χ4v) is 3.88. The molecular weight excluding hydrogens is 425 g/mol. The molecule has 1 saturated heterocycles. The summed E-state index contributed by atoms with van der Waals surface area (Å²) in [6, 6.07) is 16.8. The van der Waals surface area contributed by atoms with Gasteiger partial charge in [0.05, 0.1) is 17.7 Å². The number of nitrogens with zero attached hydrogens (tertiary/aromatic N) is 1. The minimum Gasteiger partial charge on any atom is -0.508 e. The maximum atomic E-state index is 14.0. The van der Waals surface area contributed by atoms with Crippen molar-refractivity contribution in [2.75, 3.05) is 4.90 Å². The van der Waals surface area contributed by atoms with Crippen molar-refractivity contribution in [3.8, 4) is 11.5 Å². The lowest BCUT2D eigenvalue weighted by atomic mass is 9.95. The van der Waals surface area contributed by atoms with E-state index in [4.69, 9.17) is 4.74 Å². The molecule has 0 aliphatic carbocycles. The van der Waals surface area contributed by atoms with E-state index in [1.54, 1.807) is 36.4 Å². The first-order chi connectivity index (χ1) is 15.8. The maximum absolute atomic E-state index is 14.0. The predicted octanol–water partition coefficient (Wildman–Crippen LogP) is 4.94. The summed E-state index contributed by atoms with van der Waals surface area (Å²) in [5.41, 5.74) is 0.656. The third-order valence-corrected chi connectivity index (χ3v) is 5.20. The lowest BCUT2D eigenvalue weighted by molar-refractivity contribution is -0.132. The number of carbonyl (C=O) groups excluding carboxylic acids is 2. The molecule has 0 bridgehead atoms. The smallest absolute Gasteiger partial charge is 0.300 e. The normalized spacial score (nSPS) is 17.6. The number of benzene rings is 3. The lowest BCUT2D eigenvalue weighted by Gasteiger charge is -2.25. The van der Waals surface area contributed by atoms with Gasteiger partial charge in [0.2, 0.25) is 0 Å². The van der Waals surface area contributed by atoms with Crippen LogP contribution < -0.4 is 9.64 Å². The molecule has 0 saturated carbocycles. The van der Waals surface area contributed by atoms with Gasteiger partial charge in [-0.05, 0) is 61.9 Å². The van der Waals surface area contributed by atoms with Crippen molar-refractivity contribution >= 4 is 23.1 Å². The molecule has 1 heterocycles. The van der Waals surface area contributed by atoms with Crippen LogP contribution in [0.15, 0.2) is 78.4 Å². The van der Waals surface area contributed by atoms with Gasteiger partial charge < -0.3 is 14.9 Å². The first kappa shape index (κ1) is 22.1. The first-order valence-electron chi connectivity index (χ1n) is 10.4. The number of hydrogen-bond acceptors (Lipinski definition) is 5. The largest absolute Gasteiger partial charge is 0.508 e. The van der Waals surface area contributed by atoms with Crippen molar-refractivity contribution in [1.29, 1.82) is 0 Å². The van der Waals surface area contributed by atoms with Gasteiger partial charge in [0.25, 0.3) is 11.7 Å². The van der Waals surface area contributed by atoms with Gasteiger partial charge in [-0.15, -0.1) is 0 Å². The molecule has 1 unspecified atom stereocenters. The first-order valence-corrected chi connectivity index (χ1v) is 10.4. The van der Waals surface area contributed by atoms with Crippen LogP contribution in [0.4, 0.5) is 10.1 Å². The van der Waals surface area contributed by atoms with Crippen LogP contribution >= 0.6 is 0 Å². The number of aliphatic hydroxyl groups excluding tert-OH is 1. The lowest BCUT2D eigenvalue weighted by Crippen LogP contribution is -2.29. The SMILES string of the molecule is CC(C)Oc1cccc(/C(O)=C2\C(=O)C(=O)N(c3cccc(F)c3)C2c2cccc(O)c2)c1. The Morgan fingerprint density at radius 2 is 1.73 bits per heavy atom. The number of aliphatic hydroxyl groups is 1. The van der Waals surface area contributed by atoms with Gasteiger partial charge in [0, 0.05) is 11.3 Å². The van der Waals surface area contributed by atoms with Gasteiger partial charge in [-0.1, -0.05) is 30.3 Å². The Labute approximate surface area is 190 Å². The van der Waals surface area contributed by atoms with E-state index in [0.29, 0.717) is 11.3 Å². The summed E-state index contributed by atoms with van der Waals surface area (Å²) in [4.78, 5) is 27.3. The van der Waals surface area contributed by atoms with Crippen LogP contribution in [0, 0.1) is 5.82 Å². The summed E-state index contributed by atoms with van der Waals surface area (Å²) < 4.78 is 19.6. The number of rotatable bonds is 5. The summed E-state index contributed by atoms with van der Waals surface area (Å²) in [7, 11) is 0.